The Balaban J connectivity index is 2.88. The van der Waals surface area contributed by atoms with E-state index in [9.17, 15) is 4.39 Å². The highest BCUT2D eigenvalue weighted by atomic mass is 19.1. The van der Waals surface area contributed by atoms with Crippen LogP contribution in [0.1, 0.15) is 38.7 Å². The molecule has 0 aromatic heterocycles. The average molecular weight is 196 g/mol. The van der Waals surface area contributed by atoms with Crippen molar-refractivity contribution in [3.63, 3.8) is 0 Å². The number of benzene rings is 1. The first-order valence-corrected chi connectivity index (χ1v) is 5.11. The molecule has 1 atom stereocenters. The Labute approximate surface area is 84.9 Å². The minimum atomic E-state index is -0.260. The van der Waals surface area contributed by atoms with Gasteiger partial charge in [0.1, 0.15) is 0 Å². The van der Waals surface area contributed by atoms with E-state index in [-0.39, 0.29) is 5.82 Å². The summed E-state index contributed by atoms with van der Waals surface area (Å²) in [6.07, 6.45) is 1.02. The Hall–Kier alpha value is -1.05. The van der Waals surface area contributed by atoms with Gasteiger partial charge < -0.3 is 4.74 Å². The molecule has 1 rings (SSSR count). The Kier molecular flexibility index (Phi) is 3.93. The maximum Gasteiger partial charge on any atom is 0.165 e. The van der Waals surface area contributed by atoms with Crippen LogP contribution in [0.2, 0.25) is 0 Å². The van der Waals surface area contributed by atoms with Gasteiger partial charge in [0, 0.05) is 0 Å². The summed E-state index contributed by atoms with van der Waals surface area (Å²) in [6, 6.07) is 5.21. The molecule has 0 heterocycles. The standard InChI is InChI=1S/C12H17FO/c1-4-9(3)10-6-7-12(14-5-2)11(13)8-10/h6-9H,4-5H2,1-3H3. The molecule has 0 fully saturated rings. The van der Waals surface area contributed by atoms with Crippen LogP contribution in [0.15, 0.2) is 18.2 Å². The second-order valence-electron chi connectivity index (χ2n) is 3.43. The van der Waals surface area contributed by atoms with Crippen LogP contribution in [0, 0.1) is 5.82 Å². The normalized spacial score (nSPS) is 12.6. The number of halogens is 1. The van der Waals surface area contributed by atoms with Gasteiger partial charge in [-0.15, -0.1) is 0 Å². The van der Waals surface area contributed by atoms with Gasteiger partial charge >= 0.3 is 0 Å². The fourth-order valence-electron chi connectivity index (χ4n) is 1.33. The van der Waals surface area contributed by atoms with Crippen molar-refractivity contribution in [2.75, 3.05) is 6.61 Å². The molecule has 1 unspecified atom stereocenters. The zero-order chi connectivity index (χ0) is 10.6. The fraction of sp³-hybridized carbons (Fsp3) is 0.500. The minimum Gasteiger partial charge on any atom is -0.491 e. The van der Waals surface area contributed by atoms with Gasteiger partial charge in [0.15, 0.2) is 11.6 Å². The molecule has 0 aliphatic heterocycles. The summed E-state index contributed by atoms with van der Waals surface area (Å²) in [7, 11) is 0. The third-order valence-corrected chi connectivity index (χ3v) is 2.44. The van der Waals surface area contributed by atoms with E-state index in [4.69, 9.17) is 4.74 Å². The first-order valence-electron chi connectivity index (χ1n) is 5.11. The summed E-state index contributed by atoms with van der Waals surface area (Å²) in [6.45, 7) is 6.54. The minimum absolute atomic E-state index is 0.260. The predicted octanol–water partition coefficient (Wildman–Crippen LogP) is 3.74. The summed E-state index contributed by atoms with van der Waals surface area (Å²) in [5, 5.41) is 0. The van der Waals surface area contributed by atoms with Crippen LogP contribution in [0.3, 0.4) is 0 Å². The van der Waals surface area contributed by atoms with Crippen molar-refractivity contribution in [2.24, 2.45) is 0 Å². The quantitative estimate of drug-likeness (QED) is 0.712. The average Bonchev–Trinajstić information content (AvgIpc) is 2.20. The second-order valence-corrected chi connectivity index (χ2v) is 3.43. The molecule has 0 saturated carbocycles. The van der Waals surface area contributed by atoms with E-state index in [1.165, 1.54) is 0 Å². The smallest absolute Gasteiger partial charge is 0.165 e. The van der Waals surface area contributed by atoms with E-state index >= 15 is 0 Å². The number of hydrogen-bond donors (Lipinski definition) is 0. The highest BCUT2D eigenvalue weighted by Crippen LogP contribution is 2.24. The molecule has 0 N–H and O–H groups in total. The Morgan fingerprint density at radius 1 is 1.36 bits per heavy atom. The molecule has 0 saturated heterocycles. The van der Waals surface area contributed by atoms with Gasteiger partial charge in [-0.25, -0.2) is 4.39 Å². The van der Waals surface area contributed by atoms with Gasteiger partial charge in [0.05, 0.1) is 6.61 Å². The highest BCUT2D eigenvalue weighted by molar-refractivity contribution is 5.31. The van der Waals surface area contributed by atoms with Crippen molar-refractivity contribution in [2.45, 2.75) is 33.1 Å². The molecule has 78 valence electrons. The Morgan fingerprint density at radius 2 is 2.07 bits per heavy atom. The van der Waals surface area contributed by atoms with E-state index in [0.29, 0.717) is 18.3 Å². The third-order valence-electron chi connectivity index (χ3n) is 2.44. The van der Waals surface area contributed by atoms with E-state index in [1.54, 1.807) is 12.1 Å². The van der Waals surface area contributed by atoms with Gasteiger partial charge in [-0.1, -0.05) is 19.9 Å². The summed E-state index contributed by atoms with van der Waals surface area (Å²) in [5.41, 5.74) is 1.04. The predicted molar refractivity (Wildman–Crippen MR) is 56.3 cm³/mol. The number of rotatable bonds is 4. The summed E-state index contributed by atoms with van der Waals surface area (Å²) >= 11 is 0. The molecule has 14 heavy (non-hydrogen) atoms. The van der Waals surface area contributed by atoms with E-state index < -0.39 is 0 Å². The first-order chi connectivity index (χ1) is 6.69. The lowest BCUT2D eigenvalue weighted by Crippen LogP contribution is -1.97. The van der Waals surface area contributed by atoms with Gasteiger partial charge in [-0.3, -0.25) is 0 Å². The van der Waals surface area contributed by atoms with Crippen LogP contribution in [0.25, 0.3) is 0 Å². The van der Waals surface area contributed by atoms with E-state index in [0.717, 1.165) is 12.0 Å². The van der Waals surface area contributed by atoms with Crippen molar-refractivity contribution >= 4 is 0 Å². The lowest BCUT2D eigenvalue weighted by Gasteiger charge is -2.11. The van der Waals surface area contributed by atoms with Crippen LogP contribution in [0.4, 0.5) is 4.39 Å². The van der Waals surface area contributed by atoms with Gasteiger partial charge in [-0.2, -0.15) is 0 Å². The molecular weight excluding hydrogens is 179 g/mol. The first kappa shape index (κ1) is 11.0. The summed E-state index contributed by atoms with van der Waals surface area (Å²) < 4.78 is 18.5. The summed E-state index contributed by atoms with van der Waals surface area (Å²) in [5.74, 6) is 0.490. The SMILES string of the molecule is CCOc1ccc(C(C)CC)cc1F. The fourth-order valence-corrected chi connectivity index (χ4v) is 1.33. The van der Waals surface area contributed by atoms with Crippen LogP contribution in [-0.2, 0) is 0 Å². The highest BCUT2D eigenvalue weighted by Gasteiger charge is 2.07. The van der Waals surface area contributed by atoms with Crippen molar-refractivity contribution in [3.8, 4) is 5.75 Å². The maximum absolute atomic E-state index is 13.4. The molecule has 0 spiro atoms. The number of hydrogen-bond acceptors (Lipinski definition) is 1. The summed E-state index contributed by atoms with van der Waals surface area (Å²) in [4.78, 5) is 0. The van der Waals surface area contributed by atoms with Gasteiger partial charge in [-0.05, 0) is 37.0 Å². The zero-order valence-corrected chi connectivity index (χ0v) is 9.01. The van der Waals surface area contributed by atoms with Gasteiger partial charge in [0.2, 0.25) is 0 Å². The molecule has 1 nitrogen and oxygen atoms in total. The van der Waals surface area contributed by atoms with Crippen LogP contribution in [-0.4, -0.2) is 6.61 Å². The molecular formula is C12H17FO. The second kappa shape index (κ2) is 4.99. The molecule has 1 aromatic carbocycles. The Morgan fingerprint density at radius 3 is 2.57 bits per heavy atom. The van der Waals surface area contributed by atoms with Crippen LogP contribution < -0.4 is 4.74 Å². The zero-order valence-electron chi connectivity index (χ0n) is 9.01. The van der Waals surface area contributed by atoms with E-state index in [1.807, 2.05) is 13.0 Å². The van der Waals surface area contributed by atoms with Crippen molar-refractivity contribution in [1.82, 2.24) is 0 Å². The topological polar surface area (TPSA) is 9.23 Å². The number of ether oxygens (including phenoxy) is 1. The molecule has 1 aromatic rings. The largest absolute Gasteiger partial charge is 0.491 e. The molecule has 0 radical (unpaired) electrons. The van der Waals surface area contributed by atoms with Crippen LogP contribution in [0.5, 0.6) is 5.75 Å². The maximum atomic E-state index is 13.4. The lowest BCUT2D eigenvalue weighted by atomic mass is 9.98. The molecule has 0 bridgehead atoms. The molecule has 2 heteroatoms. The van der Waals surface area contributed by atoms with Crippen molar-refractivity contribution in [1.29, 1.82) is 0 Å². The van der Waals surface area contributed by atoms with Gasteiger partial charge in [0.25, 0.3) is 0 Å². The van der Waals surface area contributed by atoms with E-state index in [2.05, 4.69) is 13.8 Å². The monoisotopic (exact) mass is 196 g/mol. The molecule has 0 aliphatic rings. The molecule has 0 amide bonds. The van der Waals surface area contributed by atoms with Crippen LogP contribution >= 0.6 is 0 Å². The molecule has 0 aliphatic carbocycles. The lowest BCUT2D eigenvalue weighted by molar-refractivity contribution is 0.321. The van der Waals surface area contributed by atoms with Crippen molar-refractivity contribution < 1.29 is 9.13 Å². The third kappa shape index (κ3) is 2.47. The van der Waals surface area contributed by atoms with Crippen molar-refractivity contribution in [3.05, 3.63) is 29.6 Å². The Bertz CT molecular complexity index is 296.